The van der Waals surface area contributed by atoms with Crippen molar-refractivity contribution in [3.05, 3.63) is 59.7 Å². The van der Waals surface area contributed by atoms with Crippen molar-refractivity contribution in [2.45, 2.75) is 50.5 Å². The number of phenolic OH excluding ortho intramolecular Hbond substituents is 1. The fourth-order valence-electron chi connectivity index (χ4n) is 3.52. The van der Waals surface area contributed by atoms with Crippen LogP contribution >= 0.6 is 0 Å². The Labute approximate surface area is 208 Å². The molecule has 0 spiro atoms. The van der Waals surface area contributed by atoms with Crippen LogP contribution in [0.4, 0.5) is 0 Å². The number of hydrogen-bond donors (Lipinski definition) is 4. The summed E-state index contributed by atoms with van der Waals surface area (Å²) in [7, 11) is 1.40. The molecule has 36 heavy (non-hydrogen) atoms. The average molecular weight is 503 g/mol. The smallest absolute Gasteiger partial charge is 0.330 e. The third-order valence-electron chi connectivity index (χ3n) is 5.62. The van der Waals surface area contributed by atoms with Crippen molar-refractivity contribution in [2.24, 2.45) is 0 Å². The Morgan fingerprint density at radius 2 is 1.75 bits per heavy atom. The lowest BCUT2D eigenvalue weighted by Gasteiger charge is -2.39. The first-order chi connectivity index (χ1) is 17.2. The van der Waals surface area contributed by atoms with E-state index in [0.29, 0.717) is 24.2 Å². The number of aliphatic hydroxyl groups is 3. The highest BCUT2D eigenvalue weighted by molar-refractivity contribution is 5.87. The second-order valence-corrected chi connectivity index (χ2v) is 8.37. The van der Waals surface area contributed by atoms with E-state index in [4.69, 9.17) is 18.9 Å². The topological polar surface area (TPSA) is 152 Å². The van der Waals surface area contributed by atoms with Gasteiger partial charge in [0.15, 0.2) is 11.5 Å². The molecule has 0 unspecified atom stereocenters. The second kappa shape index (κ2) is 12.5. The number of benzene rings is 2. The maximum atomic E-state index is 12.1. The molecule has 1 saturated heterocycles. The van der Waals surface area contributed by atoms with Gasteiger partial charge in [-0.3, -0.25) is 0 Å². The normalized spacial score (nSPS) is 23.9. The number of ketones is 1. The quantitative estimate of drug-likeness (QED) is 0.277. The lowest BCUT2D eigenvalue weighted by molar-refractivity contribution is -0.278. The zero-order chi connectivity index (χ0) is 26.2. The highest BCUT2D eigenvalue weighted by Crippen LogP contribution is 2.27. The van der Waals surface area contributed by atoms with E-state index in [1.165, 1.54) is 32.2 Å². The summed E-state index contributed by atoms with van der Waals surface area (Å²) in [6.07, 6.45) is -3.54. The van der Waals surface area contributed by atoms with E-state index in [9.17, 15) is 30.0 Å². The van der Waals surface area contributed by atoms with Crippen LogP contribution in [0.15, 0.2) is 48.5 Å². The van der Waals surface area contributed by atoms with Crippen molar-refractivity contribution in [1.29, 1.82) is 0 Å². The Morgan fingerprint density at radius 1 is 1.03 bits per heavy atom. The fraction of sp³-hybridized carbons (Fsp3) is 0.385. The number of hydrogen-bond acceptors (Lipinski definition) is 10. The van der Waals surface area contributed by atoms with E-state index >= 15 is 0 Å². The molecule has 1 heterocycles. The number of methoxy groups -OCH3 is 1. The molecule has 2 aromatic rings. The zero-order valence-electron chi connectivity index (χ0n) is 19.9. The minimum atomic E-state index is -1.60. The summed E-state index contributed by atoms with van der Waals surface area (Å²) in [6, 6.07) is 11.3. The first-order valence-electron chi connectivity index (χ1n) is 11.3. The predicted molar refractivity (Wildman–Crippen MR) is 127 cm³/mol. The molecule has 2 aromatic carbocycles. The van der Waals surface area contributed by atoms with Gasteiger partial charge in [0.05, 0.1) is 7.11 Å². The number of aromatic hydroxyl groups is 1. The number of esters is 1. The molecule has 0 aliphatic carbocycles. The molecule has 0 bridgehead atoms. The molecule has 0 aromatic heterocycles. The number of rotatable bonds is 10. The summed E-state index contributed by atoms with van der Waals surface area (Å²) in [4.78, 5) is 23.3. The van der Waals surface area contributed by atoms with Crippen LogP contribution < -0.4 is 9.47 Å². The van der Waals surface area contributed by atoms with Crippen LogP contribution in [-0.4, -0.2) is 76.6 Å². The number of aryl methyl sites for hydroxylation is 1. The van der Waals surface area contributed by atoms with Gasteiger partial charge in [-0.1, -0.05) is 18.2 Å². The Bertz CT molecular complexity index is 1060. The van der Waals surface area contributed by atoms with Gasteiger partial charge in [-0.25, -0.2) is 4.79 Å². The van der Waals surface area contributed by atoms with Crippen LogP contribution in [-0.2, 0) is 25.5 Å². The van der Waals surface area contributed by atoms with Crippen LogP contribution in [0.1, 0.15) is 24.5 Å². The summed E-state index contributed by atoms with van der Waals surface area (Å²) in [5.74, 6) is -0.102. The number of carbonyl (C=O) groups excluding carboxylic acids is 2. The van der Waals surface area contributed by atoms with Crippen LogP contribution in [0.25, 0.3) is 6.08 Å². The van der Waals surface area contributed by atoms with Gasteiger partial charge < -0.3 is 44.2 Å². The standard InChI is InChI=1S/C26H30O10/c1-15(27)3-4-16-5-9-18(10-6-16)35-26-25(32)24(31)23(30)21(36-26)14-34-22(29)12-8-17-7-11-19(28)20(13-17)33-2/h5-13,21,23-26,28,30-32H,3-4,14H2,1-2H3/b12-8+/t21-,23-,24+,25-,26-/m1/s1. The highest BCUT2D eigenvalue weighted by Gasteiger charge is 2.45. The highest BCUT2D eigenvalue weighted by atomic mass is 16.7. The molecule has 194 valence electrons. The van der Waals surface area contributed by atoms with E-state index in [1.54, 1.807) is 30.3 Å². The molecule has 5 atom stereocenters. The molecule has 0 radical (unpaired) electrons. The van der Waals surface area contributed by atoms with Gasteiger partial charge in [0, 0.05) is 12.5 Å². The number of aliphatic hydroxyl groups excluding tert-OH is 3. The van der Waals surface area contributed by atoms with Crippen LogP contribution in [0.5, 0.6) is 17.2 Å². The maximum absolute atomic E-state index is 12.1. The van der Waals surface area contributed by atoms with Crippen LogP contribution in [0.2, 0.25) is 0 Å². The van der Waals surface area contributed by atoms with Gasteiger partial charge >= 0.3 is 5.97 Å². The largest absolute Gasteiger partial charge is 0.504 e. The van der Waals surface area contributed by atoms with Crippen molar-refractivity contribution in [3.63, 3.8) is 0 Å². The molecule has 10 nitrogen and oxygen atoms in total. The Hall–Kier alpha value is -3.44. The molecule has 0 saturated carbocycles. The monoisotopic (exact) mass is 502 g/mol. The van der Waals surface area contributed by atoms with E-state index in [0.717, 1.165) is 11.6 Å². The molecule has 1 aliphatic rings. The number of ether oxygens (including phenoxy) is 4. The Balaban J connectivity index is 1.57. The molecule has 1 fully saturated rings. The van der Waals surface area contributed by atoms with Crippen LogP contribution in [0, 0.1) is 0 Å². The molecular weight excluding hydrogens is 472 g/mol. The summed E-state index contributed by atoms with van der Waals surface area (Å²) in [5.41, 5.74) is 1.51. The average Bonchev–Trinajstić information content (AvgIpc) is 2.87. The molecular formula is C26H30O10. The summed E-state index contributed by atoms with van der Waals surface area (Å²) >= 11 is 0. The lowest BCUT2D eigenvalue weighted by Crippen LogP contribution is -2.60. The molecule has 10 heteroatoms. The maximum Gasteiger partial charge on any atom is 0.330 e. The Kier molecular flexibility index (Phi) is 9.43. The third-order valence-corrected chi connectivity index (χ3v) is 5.62. The van der Waals surface area contributed by atoms with Gasteiger partial charge in [0.25, 0.3) is 0 Å². The van der Waals surface area contributed by atoms with Gasteiger partial charge in [-0.2, -0.15) is 0 Å². The summed E-state index contributed by atoms with van der Waals surface area (Å²) < 4.78 is 21.4. The number of Topliss-reactive ketones (excluding diaryl/α,β-unsaturated/α-hetero) is 1. The van der Waals surface area contributed by atoms with Crippen molar-refractivity contribution < 1.29 is 49.0 Å². The minimum absolute atomic E-state index is 0.0397. The zero-order valence-corrected chi connectivity index (χ0v) is 19.9. The molecule has 1 aliphatic heterocycles. The summed E-state index contributed by atoms with van der Waals surface area (Å²) in [6.45, 7) is 1.12. The SMILES string of the molecule is COc1cc(/C=C/C(=O)OC[C@H]2O[C@@H](Oc3ccc(CCC(C)=O)cc3)[C@H](O)[C@@H](O)[C@@H]2O)ccc1O. The third kappa shape index (κ3) is 7.28. The lowest BCUT2D eigenvalue weighted by atomic mass is 9.99. The fourth-order valence-corrected chi connectivity index (χ4v) is 3.52. The summed E-state index contributed by atoms with van der Waals surface area (Å²) in [5, 5.41) is 40.4. The van der Waals surface area contributed by atoms with Crippen molar-refractivity contribution in [3.8, 4) is 17.2 Å². The second-order valence-electron chi connectivity index (χ2n) is 8.37. The minimum Gasteiger partial charge on any atom is -0.504 e. The van der Waals surface area contributed by atoms with Crippen molar-refractivity contribution >= 4 is 17.8 Å². The molecule has 4 N–H and O–H groups in total. The van der Waals surface area contributed by atoms with E-state index in [1.807, 2.05) is 0 Å². The van der Waals surface area contributed by atoms with Crippen molar-refractivity contribution in [2.75, 3.05) is 13.7 Å². The van der Waals surface area contributed by atoms with E-state index in [2.05, 4.69) is 0 Å². The van der Waals surface area contributed by atoms with Gasteiger partial charge in [-0.15, -0.1) is 0 Å². The van der Waals surface area contributed by atoms with Crippen molar-refractivity contribution in [1.82, 2.24) is 0 Å². The van der Waals surface area contributed by atoms with E-state index in [-0.39, 0.29) is 17.3 Å². The van der Waals surface area contributed by atoms with Gasteiger partial charge in [-0.05, 0) is 54.8 Å². The van der Waals surface area contributed by atoms with Gasteiger partial charge in [0.2, 0.25) is 6.29 Å². The Morgan fingerprint density at radius 3 is 2.42 bits per heavy atom. The van der Waals surface area contributed by atoms with E-state index < -0.39 is 43.3 Å². The number of phenols is 1. The first-order valence-corrected chi connectivity index (χ1v) is 11.3. The number of carbonyl (C=O) groups is 2. The van der Waals surface area contributed by atoms with Crippen LogP contribution in [0.3, 0.4) is 0 Å². The molecule has 0 amide bonds. The van der Waals surface area contributed by atoms with Gasteiger partial charge in [0.1, 0.15) is 42.6 Å². The predicted octanol–water partition coefficient (Wildman–Crippen LogP) is 1.37. The molecule has 3 rings (SSSR count). The first kappa shape index (κ1) is 27.2.